The van der Waals surface area contributed by atoms with Crippen molar-refractivity contribution in [2.75, 3.05) is 0 Å². The molecular formula is C17H19NO. The number of benzene rings is 2. The van der Waals surface area contributed by atoms with E-state index in [4.69, 9.17) is 10.5 Å². The minimum absolute atomic E-state index is 0.0629. The summed E-state index contributed by atoms with van der Waals surface area (Å²) in [5.74, 6) is 0. The molecule has 0 aromatic heterocycles. The maximum atomic E-state index is 6.47. The molecule has 0 amide bonds. The van der Waals surface area contributed by atoms with Crippen molar-refractivity contribution in [1.82, 2.24) is 0 Å². The van der Waals surface area contributed by atoms with Gasteiger partial charge in [-0.25, -0.2) is 0 Å². The molecule has 0 aliphatic carbocycles. The molecular weight excluding hydrogens is 234 g/mol. The predicted molar refractivity (Wildman–Crippen MR) is 76.9 cm³/mol. The van der Waals surface area contributed by atoms with Gasteiger partial charge in [-0.1, -0.05) is 36.4 Å². The van der Waals surface area contributed by atoms with Crippen molar-refractivity contribution in [2.24, 2.45) is 5.73 Å². The van der Waals surface area contributed by atoms with Gasteiger partial charge in [0.2, 0.25) is 0 Å². The molecule has 2 aromatic carbocycles. The molecule has 0 bridgehead atoms. The molecule has 3 rings (SSSR count). The first kappa shape index (κ1) is 12.4. The Kier molecular flexibility index (Phi) is 3.13. The van der Waals surface area contributed by atoms with E-state index in [0.717, 1.165) is 6.61 Å². The second kappa shape index (κ2) is 4.80. The first-order chi connectivity index (χ1) is 9.16. The number of rotatable bonds is 2. The van der Waals surface area contributed by atoms with Crippen molar-refractivity contribution in [1.29, 1.82) is 0 Å². The van der Waals surface area contributed by atoms with E-state index in [2.05, 4.69) is 50.2 Å². The Morgan fingerprint density at radius 3 is 2.42 bits per heavy atom. The van der Waals surface area contributed by atoms with Crippen LogP contribution >= 0.6 is 0 Å². The third-order valence-corrected chi connectivity index (χ3v) is 3.96. The van der Waals surface area contributed by atoms with Crippen LogP contribution in [0.2, 0.25) is 0 Å². The molecule has 1 atom stereocenters. The van der Waals surface area contributed by atoms with Crippen molar-refractivity contribution in [3.63, 3.8) is 0 Å². The topological polar surface area (TPSA) is 35.2 Å². The molecule has 1 unspecified atom stereocenters. The fraction of sp³-hybridized carbons (Fsp3) is 0.294. The van der Waals surface area contributed by atoms with Gasteiger partial charge < -0.3 is 10.5 Å². The Morgan fingerprint density at radius 1 is 1.00 bits per heavy atom. The fourth-order valence-electron chi connectivity index (χ4n) is 2.87. The molecule has 19 heavy (non-hydrogen) atoms. The van der Waals surface area contributed by atoms with Crippen molar-refractivity contribution in [3.05, 3.63) is 69.8 Å². The summed E-state index contributed by atoms with van der Waals surface area (Å²) in [6, 6.07) is 12.7. The van der Waals surface area contributed by atoms with E-state index in [1.165, 1.54) is 33.4 Å². The minimum atomic E-state index is -0.0629. The van der Waals surface area contributed by atoms with Gasteiger partial charge in [-0.3, -0.25) is 0 Å². The Labute approximate surface area is 114 Å². The zero-order valence-corrected chi connectivity index (χ0v) is 11.4. The summed E-state index contributed by atoms with van der Waals surface area (Å²) < 4.78 is 5.46. The average molecular weight is 253 g/mol. The van der Waals surface area contributed by atoms with Gasteiger partial charge in [-0.2, -0.15) is 0 Å². The van der Waals surface area contributed by atoms with Gasteiger partial charge >= 0.3 is 0 Å². The van der Waals surface area contributed by atoms with Gasteiger partial charge in [-0.05, 0) is 47.2 Å². The van der Waals surface area contributed by atoms with E-state index in [0.29, 0.717) is 6.61 Å². The van der Waals surface area contributed by atoms with E-state index >= 15 is 0 Å². The quantitative estimate of drug-likeness (QED) is 0.890. The first-order valence-corrected chi connectivity index (χ1v) is 6.68. The molecule has 2 N–H and O–H groups in total. The van der Waals surface area contributed by atoms with E-state index in [1.807, 2.05) is 0 Å². The third kappa shape index (κ3) is 2.18. The van der Waals surface area contributed by atoms with E-state index in [1.54, 1.807) is 0 Å². The van der Waals surface area contributed by atoms with Crippen LogP contribution in [-0.2, 0) is 18.0 Å². The molecule has 0 radical (unpaired) electrons. The maximum absolute atomic E-state index is 6.47. The van der Waals surface area contributed by atoms with Gasteiger partial charge in [0, 0.05) is 0 Å². The van der Waals surface area contributed by atoms with Gasteiger partial charge in [-0.15, -0.1) is 0 Å². The molecule has 1 aliphatic heterocycles. The number of ether oxygens (including phenoxy) is 1. The highest BCUT2D eigenvalue weighted by Gasteiger charge is 2.17. The van der Waals surface area contributed by atoms with Gasteiger partial charge in [0.05, 0.1) is 19.3 Å². The van der Waals surface area contributed by atoms with Crippen LogP contribution in [0.3, 0.4) is 0 Å². The lowest BCUT2D eigenvalue weighted by molar-refractivity contribution is 0.134. The van der Waals surface area contributed by atoms with Gasteiger partial charge in [0.1, 0.15) is 0 Å². The summed E-state index contributed by atoms with van der Waals surface area (Å²) >= 11 is 0. The van der Waals surface area contributed by atoms with Crippen LogP contribution in [0.4, 0.5) is 0 Å². The second-order valence-corrected chi connectivity index (χ2v) is 5.30. The number of nitrogens with two attached hydrogens (primary N) is 1. The molecule has 2 heteroatoms. The molecule has 98 valence electrons. The molecule has 1 aliphatic rings. The number of hydrogen-bond donors (Lipinski definition) is 1. The molecule has 0 fully saturated rings. The summed E-state index contributed by atoms with van der Waals surface area (Å²) in [5, 5.41) is 0. The molecule has 2 aromatic rings. The Hall–Kier alpha value is -1.64. The van der Waals surface area contributed by atoms with E-state index < -0.39 is 0 Å². The summed E-state index contributed by atoms with van der Waals surface area (Å²) in [6.07, 6.45) is 0. The van der Waals surface area contributed by atoms with Crippen LogP contribution in [0, 0.1) is 13.8 Å². The van der Waals surface area contributed by atoms with E-state index in [-0.39, 0.29) is 6.04 Å². The largest absolute Gasteiger partial charge is 0.372 e. The van der Waals surface area contributed by atoms with Crippen molar-refractivity contribution in [3.8, 4) is 0 Å². The summed E-state index contributed by atoms with van der Waals surface area (Å²) in [7, 11) is 0. The Bertz CT molecular complexity index is 598. The zero-order valence-electron chi connectivity index (χ0n) is 11.4. The average Bonchev–Trinajstić information content (AvgIpc) is 2.85. The standard InChI is InChI=1S/C17H19NO/c1-11-4-3-5-12(2)16(11)17(18)13-6-7-14-9-19-10-15(14)8-13/h3-8,17H,9-10,18H2,1-2H3. The highest BCUT2D eigenvalue weighted by Crippen LogP contribution is 2.29. The first-order valence-electron chi connectivity index (χ1n) is 6.68. The highest BCUT2D eigenvalue weighted by molar-refractivity contribution is 5.44. The van der Waals surface area contributed by atoms with Crippen LogP contribution in [0.15, 0.2) is 36.4 Å². The lowest BCUT2D eigenvalue weighted by atomic mass is 9.91. The second-order valence-electron chi connectivity index (χ2n) is 5.30. The lowest BCUT2D eigenvalue weighted by Crippen LogP contribution is -2.15. The number of fused-ring (bicyclic) bond motifs is 1. The molecule has 1 heterocycles. The molecule has 0 spiro atoms. The highest BCUT2D eigenvalue weighted by atomic mass is 16.5. The van der Waals surface area contributed by atoms with Crippen LogP contribution in [0.5, 0.6) is 0 Å². The Morgan fingerprint density at radius 2 is 1.68 bits per heavy atom. The number of hydrogen-bond acceptors (Lipinski definition) is 2. The fourth-order valence-corrected chi connectivity index (χ4v) is 2.87. The zero-order chi connectivity index (χ0) is 13.4. The van der Waals surface area contributed by atoms with Gasteiger partial charge in [0.25, 0.3) is 0 Å². The third-order valence-electron chi connectivity index (χ3n) is 3.96. The normalized spacial score (nSPS) is 15.3. The van der Waals surface area contributed by atoms with Crippen molar-refractivity contribution in [2.45, 2.75) is 33.1 Å². The summed E-state index contributed by atoms with van der Waals surface area (Å²) in [5.41, 5.74) is 14.0. The maximum Gasteiger partial charge on any atom is 0.0725 e. The van der Waals surface area contributed by atoms with Crippen molar-refractivity contribution >= 4 is 0 Å². The SMILES string of the molecule is Cc1cccc(C)c1C(N)c1ccc2c(c1)COC2. The van der Waals surface area contributed by atoms with Crippen molar-refractivity contribution < 1.29 is 4.74 Å². The van der Waals surface area contributed by atoms with Crippen LogP contribution in [0.25, 0.3) is 0 Å². The summed E-state index contributed by atoms with van der Waals surface area (Å²) in [6.45, 7) is 5.69. The van der Waals surface area contributed by atoms with Gasteiger partial charge in [0.15, 0.2) is 0 Å². The van der Waals surface area contributed by atoms with E-state index in [9.17, 15) is 0 Å². The minimum Gasteiger partial charge on any atom is -0.372 e. The Balaban J connectivity index is 2.02. The monoisotopic (exact) mass is 253 g/mol. The molecule has 0 saturated heterocycles. The van der Waals surface area contributed by atoms with Crippen LogP contribution in [0.1, 0.15) is 39.4 Å². The lowest BCUT2D eigenvalue weighted by Gasteiger charge is -2.18. The molecule has 0 saturated carbocycles. The van der Waals surface area contributed by atoms with Crippen LogP contribution < -0.4 is 5.73 Å². The smallest absolute Gasteiger partial charge is 0.0725 e. The summed E-state index contributed by atoms with van der Waals surface area (Å²) in [4.78, 5) is 0. The van der Waals surface area contributed by atoms with Crippen LogP contribution in [-0.4, -0.2) is 0 Å². The molecule has 2 nitrogen and oxygen atoms in total. The predicted octanol–water partition coefficient (Wildman–Crippen LogP) is 3.38. The number of aryl methyl sites for hydroxylation is 2.